The van der Waals surface area contributed by atoms with Crippen LogP contribution in [0.25, 0.3) is 83.9 Å². The first-order valence-electron chi connectivity index (χ1n) is 42.4. The van der Waals surface area contributed by atoms with Crippen LogP contribution in [0.1, 0.15) is 131 Å². The van der Waals surface area contributed by atoms with E-state index in [4.69, 9.17) is 81.2 Å². The summed E-state index contributed by atoms with van der Waals surface area (Å²) >= 11 is 43.7. The molecule has 12 aromatic rings. The third kappa shape index (κ3) is 17.7. The van der Waals surface area contributed by atoms with E-state index in [1.54, 1.807) is 101 Å². The Balaban J connectivity index is 0.000000175. The highest BCUT2D eigenvalue weighted by Gasteiger charge is 2.40. The lowest BCUT2D eigenvalue weighted by Crippen LogP contribution is -2.54. The quantitative estimate of drug-likeness (QED) is 0.0371. The van der Waals surface area contributed by atoms with Gasteiger partial charge >= 0.3 is 0 Å². The number of benzene rings is 3. The van der Waals surface area contributed by atoms with Crippen LogP contribution in [0.3, 0.4) is 0 Å². The van der Waals surface area contributed by atoms with Crippen molar-refractivity contribution in [2.75, 3.05) is 73.6 Å². The minimum absolute atomic E-state index is 0.0232. The van der Waals surface area contributed by atoms with Gasteiger partial charge in [0.05, 0.1) is 110 Å². The number of carbonyl (C=O) groups is 3. The van der Waals surface area contributed by atoms with E-state index in [1.807, 2.05) is 60.6 Å². The van der Waals surface area contributed by atoms with Crippen LogP contribution in [-0.2, 0) is 14.4 Å². The lowest BCUT2D eigenvalue weighted by molar-refractivity contribution is -0.129. The molecule has 0 spiro atoms. The molecule has 0 aliphatic carbocycles. The van der Waals surface area contributed by atoms with Gasteiger partial charge in [-0.3, -0.25) is 57.4 Å². The van der Waals surface area contributed by atoms with E-state index in [0.29, 0.717) is 50.8 Å². The van der Waals surface area contributed by atoms with E-state index in [1.165, 1.54) is 41.0 Å². The first-order chi connectivity index (χ1) is 65.2. The van der Waals surface area contributed by atoms with E-state index in [2.05, 4.69) is 55.7 Å². The normalized spacial score (nSPS) is 15.0. The van der Waals surface area contributed by atoms with Gasteiger partial charge in [0.15, 0.2) is 46.3 Å². The Labute approximate surface area is 817 Å². The molecule has 0 bridgehead atoms. The third-order valence-corrected chi connectivity index (χ3v) is 26.3. The largest absolute Gasteiger partial charge is 0.504 e. The molecule has 0 radical (unpaired) electrons. The zero-order chi connectivity index (χ0) is 101. The maximum Gasteiger partial charge on any atom is 0.276 e. The second-order valence-electron chi connectivity index (χ2n) is 33.6. The number of nitriles is 3. The van der Waals surface area contributed by atoms with Crippen molar-refractivity contribution >= 4 is 149 Å². The molecule has 3 aromatic carbocycles. The smallest absolute Gasteiger partial charge is 0.276 e. The van der Waals surface area contributed by atoms with Gasteiger partial charge < -0.3 is 44.7 Å². The number of aromatic nitrogens is 9. The number of pyridine rings is 9. The van der Waals surface area contributed by atoms with Gasteiger partial charge in [-0.1, -0.05) is 142 Å². The van der Waals surface area contributed by atoms with Gasteiger partial charge in [0, 0.05) is 112 Å². The zero-order valence-electron chi connectivity index (χ0n) is 75.4. The van der Waals surface area contributed by atoms with E-state index in [-0.39, 0.29) is 200 Å². The lowest BCUT2D eigenvalue weighted by Gasteiger charge is -2.41. The molecular weight excluding hydrogens is 1950 g/mol. The molecule has 3 atom stereocenters. The number of aromatic hydroxyl groups is 3. The van der Waals surface area contributed by atoms with E-state index in [9.17, 15) is 86.2 Å². The average molecular weight is 2030 g/mol. The number of carbonyl (C=O) groups excluding carboxylic acids is 3. The maximum absolute atomic E-state index is 15.4. The zero-order valence-corrected chi connectivity index (χ0v) is 80.7. The lowest BCUT2D eigenvalue weighted by atomic mass is 10.0. The molecule has 3 amide bonds. The Bertz CT molecular complexity index is 6790. The van der Waals surface area contributed by atoms with Crippen molar-refractivity contribution in [3.8, 4) is 86.3 Å². The highest BCUT2D eigenvalue weighted by atomic mass is 35.5. The Morgan fingerprint density at radius 3 is 0.899 bits per heavy atom. The van der Waals surface area contributed by atoms with Crippen LogP contribution in [0.15, 0.2) is 107 Å². The Kier molecular flexibility index (Phi) is 29.8. The second-order valence-corrected chi connectivity index (χ2v) is 36.3. The van der Waals surface area contributed by atoms with Crippen molar-refractivity contribution < 1.29 is 64.8 Å². The van der Waals surface area contributed by atoms with Gasteiger partial charge in [0.2, 0.25) is 35.2 Å². The molecule has 3 aliphatic rings. The standard InChI is InChI=1S/C32H27Cl3F2N6O3.2C32H27Cl2F3N6O3/c1-6-20(44)42-10-9-41(13-16(42)5)29-17-11-19(33)27(21-22(34)23(35)24(36)25(37)30(21)45)40-31(17)43(32(46)18(29)12-38)28-15(4)7-8-39-26(28)14(2)3;2*1-6-20(44)42-10-9-41(13-16(42)5)29-17-11-19(33)27(21-23(35)22(34)24(36)25(37)30(21)45)40-31(17)43(32(46)18(29)12-38)28-15(4)7-8-39-26(28)14(2)3/h3*6-8,11,14,16,45H,1,9-10,13H2,2-5H3/t3*16-/m111/s1. The molecule has 27 nitrogen and oxygen atoms in total. The van der Waals surface area contributed by atoms with Gasteiger partial charge in [0.1, 0.15) is 61.9 Å². The minimum atomic E-state index is -1.82. The van der Waals surface area contributed by atoms with Crippen LogP contribution in [0.4, 0.5) is 52.2 Å². The second kappa shape index (κ2) is 40.3. The van der Waals surface area contributed by atoms with Crippen molar-refractivity contribution in [3.05, 3.63) is 256 Å². The summed E-state index contributed by atoms with van der Waals surface area (Å²) in [6, 6.07) is 14.2. The molecule has 714 valence electrons. The van der Waals surface area contributed by atoms with Crippen LogP contribution in [0.5, 0.6) is 17.2 Å². The van der Waals surface area contributed by atoms with Gasteiger partial charge in [-0.05, 0) is 131 Å². The molecule has 3 aliphatic heterocycles. The number of halogens is 15. The summed E-state index contributed by atoms with van der Waals surface area (Å²) in [5.41, 5.74) is -2.12. The molecule has 0 unspecified atom stereocenters. The molecule has 9 aromatic heterocycles. The fourth-order valence-electron chi connectivity index (χ4n) is 17.4. The molecule has 3 N–H and O–H groups in total. The van der Waals surface area contributed by atoms with Crippen molar-refractivity contribution in [2.24, 2.45) is 0 Å². The number of amides is 3. The molecule has 42 heteroatoms. The molecular formula is C96H81Cl7F8N18O9. The average Bonchev–Trinajstić information content (AvgIpc) is 0.726. The molecule has 0 saturated carbocycles. The summed E-state index contributed by atoms with van der Waals surface area (Å²) in [7, 11) is 0. The van der Waals surface area contributed by atoms with Crippen molar-refractivity contribution in [1.82, 2.24) is 58.3 Å². The number of nitrogens with zero attached hydrogens (tertiary/aromatic N) is 18. The number of hydrogen-bond donors (Lipinski definition) is 3. The predicted octanol–water partition coefficient (Wildman–Crippen LogP) is 19.7. The molecule has 12 heterocycles. The van der Waals surface area contributed by atoms with E-state index >= 15 is 8.78 Å². The number of rotatable bonds is 15. The van der Waals surface area contributed by atoms with E-state index in [0.717, 1.165) is 9.13 Å². The summed E-state index contributed by atoms with van der Waals surface area (Å²) in [5.74, 6) is -18.9. The highest BCUT2D eigenvalue weighted by Crippen LogP contribution is 2.51. The van der Waals surface area contributed by atoms with Gasteiger partial charge in [-0.15, -0.1) is 0 Å². The summed E-state index contributed by atoms with van der Waals surface area (Å²) in [4.78, 5) is 118. The van der Waals surface area contributed by atoms with E-state index < -0.39 is 129 Å². The van der Waals surface area contributed by atoms with Crippen LogP contribution >= 0.6 is 81.2 Å². The van der Waals surface area contributed by atoms with Gasteiger partial charge in [-0.25, -0.2) is 36.9 Å². The molecule has 138 heavy (non-hydrogen) atoms. The van der Waals surface area contributed by atoms with Gasteiger partial charge in [0.25, 0.3) is 16.7 Å². The molecule has 15 rings (SSSR count). The first kappa shape index (κ1) is 102. The van der Waals surface area contributed by atoms with Crippen LogP contribution in [0, 0.1) is 101 Å². The van der Waals surface area contributed by atoms with Crippen LogP contribution in [0.2, 0.25) is 35.2 Å². The summed E-state index contributed by atoms with van der Waals surface area (Å²) in [6.45, 7) is 34.7. The third-order valence-electron chi connectivity index (χ3n) is 24.0. The number of fused-ring (bicyclic) bond motifs is 3. The SMILES string of the molecule is C=CC(=O)N1CCN(c2c(C#N)c(=O)n(-c3c(C)ccnc3C(C)C)c3nc(-c4c(O)c(F)c(F)c(Cl)c4Cl)c(Cl)cc23)C[C@H]1C.C=CC(=O)N1CCN(c2c(C#N)c(=O)n(-c3c(C)ccnc3C(C)C)c3nc(-c4c(O)c(F)c(F)c(Cl)c4F)c(Cl)cc23)C[C@H]1C.C=CC(=O)N1CCN(c2c(C#N)c(=O)n(-c3c(C)ccnc3C(C)C)c3nc(-c4c(O)c(F)c(F)c(Cl)c4F)c(Cl)cc23)C[C@H]1C. The molecule has 3 saturated heterocycles. The Morgan fingerprint density at radius 1 is 0.399 bits per heavy atom. The van der Waals surface area contributed by atoms with Crippen molar-refractivity contribution in [2.45, 2.75) is 119 Å². The van der Waals surface area contributed by atoms with Crippen LogP contribution < -0.4 is 31.4 Å². The predicted molar refractivity (Wildman–Crippen MR) is 513 cm³/mol. The van der Waals surface area contributed by atoms with Gasteiger partial charge in [-0.2, -0.15) is 29.0 Å². The summed E-state index contributed by atoms with van der Waals surface area (Å²) < 4.78 is 121. The number of anilines is 3. The number of aryl methyl sites for hydroxylation is 3. The summed E-state index contributed by atoms with van der Waals surface area (Å²) in [6.07, 6.45) is 8.37. The molecule has 3 fully saturated rings. The summed E-state index contributed by atoms with van der Waals surface area (Å²) in [5, 5.41) is 59.0. The fraction of sp³-hybridized carbons (Fsp3) is 0.281. The monoisotopic (exact) mass is 2030 g/mol. The number of piperazine rings is 3. The number of phenols is 3. The van der Waals surface area contributed by atoms with Crippen molar-refractivity contribution in [3.63, 3.8) is 0 Å². The fourth-order valence-corrected chi connectivity index (χ4v) is 19.0. The highest BCUT2D eigenvalue weighted by molar-refractivity contribution is 6.45. The maximum atomic E-state index is 15.4. The topological polar surface area (TPSA) is 346 Å². The first-order valence-corrected chi connectivity index (χ1v) is 45.0. The minimum Gasteiger partial charge on any atom is -0.504 e. The van der Waals surface area contributed by atoms with Crippen molar-refractivity contribution in [1.29, 1.82) is 15.8 Å². The Morgan fingerprint density at radius 2 is 0.652 bits per heavy atom. The number of hydrogen-bond acceptors (Lipinski definition) is 21. The van der Waals surface area contributed by atoms with Crippen LogP contribution in [-0.4, -0.2) is 168 Å². The number of phenolic OH excluding ortho intramolecular Hbond substituents is 3. The Hall–Kier alpha value is -13.4.